The molecule has 1 aromatic heterocycles. The molecule has 3 aliphatic rings. The van der Waals surface area contributed by atoms with Crippen molar-refractivity contribution in [3.63, 3.8) is 0 Å². The molecule has 23 heavy (non-hydrogen) atoms. The Morgan fingerprint density at radius 1 is 1.26 bits per heavy atom. The molecule has 0 bridgehead atoms. The van der Waals surface area contributed by atoms with Crippen molar-refractivity contribution in [1.29, 1.82) is 0 Å². The van der Waals surface area contributed by atoms with Crippen LogP contribution in [0.25, 0.3) is 10.9 Å². The largest absolute Gasteiger partial charge is 0.497 e. The van der Waals surface area contributed by atoms with Crippen molar-refractivity contribution in [3.8, 4) is 5.75 Å². The molecule has 0 aliphatic carbocycles. The molecule has 4 heterocycles. The number of nitrogens with one attached hydrogen (secondary N) is 1. The van der Waals surface area contributed by atoms with Gasteiger partial charge in [0.05, 0.1) is 32.5 Å². The van der Waals surface area contributed by atoms with Crippen LogP contribution in [-0.2, 0) is 11.2 Å². The van der Waals surface area contributed by atoms with E-state index >= 15 is 0 Å². The first-order chi connectivity index (χ1) is 11.3. The minimum atomic E-state index is 0.455. The Balaban J connectivity index is 1.56. The monoisotopic (exact) mass is 313 g/mol. The van der Waals surface area contributed by atoms with E-state index < -0.39 is 0 Å². The average molecular weight is 313 g/mol. The molecule has 1 N–H and O–H groups in total. The lowest BCUT2D eigenvalue weighted by molar-refractivity contribution is -0.120. The van der Waals surface area contributed by atoms with Gasteiger partial charge in [0.15, 0.2) is 0 Å². The molecule has 0 radical (unpaired) electrons. The molecule has 0 saturated carbocycles. The highest BCUT2D eigenvalue weighted by molar-refractivity contribution is 5.86. The molecule has 5 nitrogen and oxygen atoms in total. The number of morpholine rings is 1. The molecular formula is C18H23N3O2. The van der Waals surface area contributed by atoms with Crippen LogP contribution in [0.4, 0.5) is 0 Å². The van der Waals surface area contributed by atoms with Crippen LogP contribution >= 0.6 is 0 Å². The number of aromatic nitrogens is 1. The summed E-state index contributed by atoms with van der Waals surface area (Å²) in [6, 6.07) is 6.90. The number of fused-ring (bicyclic) bond motifs is 7. The van der Waals surface area contributed by atoms with E-state index in [0.29, 0.717) is 12.2 Å². The van der Waals surface area contributed by atoms with Gasteiger partial charge < -0.3 is 14.5 Å². The van der Waals surface area contributed by atoms with Gasteiger partial charge in [-0.1, -0.05) is 0 Å². The van der Waals surface area contributed by atoms with Gasteiger partial charge in [0, 0.05) is 42.3 Å². The number of H-pyrrole nitrogens is 1. The van der Waals surface area contributed by atoms with Crippen molar-refractivity contribution in [2.75, 3.05) is 40.0 Å². The second kappa shape index (κ2) is 5.23. The third-order valence-electron chi connectivity index (χ3n) is 5.78. The standard InChI is InChI=1S/C18H23N3O2/c1-22-12-2-3-13-14-4-7-21-16(18(14)19-15(13)10-12)5-6-20-8-9-23-11-17(20)21/h2-3,10,16-17,19H,4-9,11H2,1H3/t16-,17-/m0/s1. The van der Waals surface area contributed by atoms with E-state index in [1.165, 1.54) is 35.1 Å². The quantitative estimate of drug-likeness (QED) is 0.876. The fraction of sp³-hybridized carbons (Fsp3) is 0.556. The van der Waals surface area contributed by atoms with Crippen molar-refractivity contribution in [3.05, 3.63) is 29.5 Å². The third kappa shape index (κ3) is 2.04. The predicted molar refractivity (Wildman–Crippen MR) is 88.8 cm³/mol. The Morgan fingerprint density at radius 3 is 3.13 bits per heavy atom. The van der Waals surface area contributed by atoms with Crippen LogP contribution in [0.3, 0.4) is 0 Å². The summed E-state index contributed by atoms with van der Waals surface area (Å²) in [7, 11) is 1.73. The average Bonchev–Trinajstić information content (AvgIpc) is 2.99. The number of benzene rings is 1. The van der Waals surface area contributed by atoms with Crippen molar-refractivity contribution < 1.29 is 9.47 Å². The Kier molecular flexibility index (Phi) is 3.15. The van der Waals surface area contributed by atoms with Gasteiger partial charge in [0.1, 0.15) is 5.75 Å². The highest BCUT2D eigenvalue weighted by atomic mass is 16.5. The smallest absolute Gasteiger partial charge is 0.120 e. The van der Waals surface area contributed by atoms with Gasteiger partial charge in [-0.05, 0) is 30.5 Å². The van der Waals surface area contributed by atoms with Crippen molar-refractivity contribution in [1.82, 2.24) is 14.8 Å². The second-order valence-electron chi connectivity index (χ2n) is 6.81. The van der Waals surface area contributed by atoms with Crippen LogP contribution in [-0.4, -0.2) is 60.9 Å². The van der Waals surface area contributed by atoms with Crippen LogP contribution < -0.4 is 4.74 Å². The zero-order chi connectivity index (χ0) is 15.4. The molecule has 2 fully saturated rings. The van der Waals surface area contributed by atoms with Crippen LogP contribution in [0.1, 0.15) is 23.7 Å². The normalized spacial score (nSPS) is 28.2. The molecule has 1 aromatic carbocycles. The molecule has 0 unspecified atom stereocenters. The Bertz CT molecular complexity index is 741. The second-order valence-corrected chi connectivity index (χ2v) is 6.81. The Morgan fingerprint density at radius 2 is 2.22 bits per heavy atom. The molecule has 0 spiro atoms. The maximum atomic E-state index is 5.76. The number of rotatable bonds is 1. The van der Waals surface area contributed by atoms with Crippen molar-refractivity contribution in [2.45, 2.75) is 25.0 Å². The van der Waals surface area contributed by atoms with Crippen LogP contribution in [0.15, 0.2) is 18.2 Å². The molecular weight excluding hydrogens is 290 g/mol. The highest BCUT2D eigenvalue weighted by Crippen LogP contribution is 2.41. The van der Waals surface area contributed by atoms with Crippen molar-refractivity contribution >= 4 is 10.9 Å². The van der Waals surface area contributed by atoms with Gasteiger partial charge in [-0.25, -0.2) is 0 Å². The number of aromatic amines is 1. The fourth-order valence-corrected chi connectivity index (χ4v) is 4.65. The molecule has 2 saturated heterocycles. The predicted octanol–water partition coefficient (Wildman–Crippen LogP) is 2.14. The lowest BCUT2D eigenvalue weighted by Gasteiger charge is -2.51. The zero-order valence-corrected chi connectivity index (χ0v) is 13.5. The molecule has 2 aromatic rings. The maximum Gasteiger partial charge on any atom is 0.120 e. The molecule has 3 aliphatic heterocycles. The van der Waals surface area contributed by atoms with Gasteiger partial charge in [0.2, 0.25) is 0 Å². The van der Waals surface area contributed by atoms with E-state index in [1.807, 2.05) is 0 Å². The minimum Gasteiger partial charge on any atom is -0.497 e. The molecule has 122 valence electrons. The minimum absolute atomic E-state index is 0.455. The summed E-state index contributed by atoms with van der Waals surface area (Å²) in [5.74, 6) is 0.920. The van der Waals surface area contributed by atoms with Gasteiger partial charge >= 0.3 is 0 Å². The van der Waals surface area contributed by atoms with Crippen LogP contribution in [0.2, 0.25) is 0 Å². The molecule has 0 amide bonds. The van der Waals surface area contributed by atoms with Gasteiger partial charge in [-0.15, -0.1) is 0 Å². The van der Waals surface area contributed by atoms with E-state index in [2.05, 4.69) is 33.0 Å². The first-order valence-corrected chi connectivity index (χ1v) is 8.61. The zero-order valence-electron chi connectivity index (χ0n) is 13.5. The number of ether oxygens (including phenoxy) is 2. The van der Waals surface area contributed by atoms with Gasteiger partial charge in [-0.3, -0.25) is 9.80 Å². The van der Waals surface area contributed by atoms with E-state index in [0.717, 1.165) is 38.5 Å². The summed E-state index contributed by atoms with van der Waals surface area (Å²) in [4.78, 5) is 8.95. The third-order valence-corrected chi connectivity index (χ3v) is 5.78. The lowest BCUT2D eigenvalue weighted by Crippen LogP contribution is -2.61. The molecule has 5 heteroatoms. The summed E-state index contributed by atoms with van der Waals surface area (Å²) in [6.45, 7) is 5.10. The molecule has 2 atom stereocenters. The van der Waals surface area contributed by atoms with E-state index in [4.69, 9.17) is 9.47 Å². The Labute approximate surface area is 136 Å². The lowest BCUT2D eigenvalue weighted by atomic mass is 9.92. The maximum absolute atomic E-state index is 5.76. The summed E-state index contributed by atoms with van der Waals surface area (Å²) in [5.41, 5.74) is 4.14. The first kappa shape index (κ1) is 13.8. The van der Waals surface area contributed by atoms with Crippen LogP contribution in [0.5, 0.6) is 5.75 Å². The summed E-state index contributed by atoms with van der Waals surface area (Å²) < 4.78 is 11.1. The summed E-state index contributed by atoms with van der Waals surface area (Å²) in [5, 5.41) is 1.36. The fourth-order valence-electron chi connectivity index (χ4n) is 4.65. The van der Waals surface area contributed by atoms with E-state index in [1.54, 1.807) is 7.11 Å². The number of hydrogen-bond donors (Lipinski definition) is 1. The van der Waals surface area contributed by atoms with E-state index in [9.17, 15) is 0 Å². The van der Waals surface area contributed by atoms with Crippen molar-refractivity contribution in [2.24, 2.45) is 0 Å². The Hall–Kier alpha value is -1.56. The summed E-state index contributed by atoms with van der Waals surface area (Å²) >= 11 is 0. The van der Waals surface area contributed by atoms with E-state index in [-0.39, 0.29) is 0 Å². The highest BCUT2D eigenvalue weighted by Gasteiger charge is 2.41. The topological polar surface area (TPSA) is 40.7 Å². The SMILES string of the molecule is COc1ccc2c3c([nH]c2c1)[C@@H]1CCN2CCOC[C@@H]2N1CC3. The number of methoxy groups -OCH3 is 1. The number of nitrogens with zero attached hydrogens (tertiary/aromatic N) is 2. The summed E-state index contributed by atoms with van der Waals surface area (Å²) in [6.07, 6.45) is 2.77. The first-order valence-electron chi connectivity index (χ1n) is 8.61. The van der Waals surface area contributed by atoms with Gasteiger partial charge in [0.25, 0.3) is 0 Å². The van der Waals surface area contributed by atoms with Gasteiger partial charge in [-0.2, -0.15) is 0 Å². The van der Waals surface area contributed by atoms with Crippen LogP contribution in [0, 0.1) is 0 Å². The molecule has 5 rings (SSSR count). The number of hydrogen-bond acceptors (Lipinski definition) is 4.